The minimum absolute atomic E-state index is 0.00946. The van der Waals surface area contributed by atoms with Gasteiger partial charge in [0.15, 0.2) is 0 Å². The molecule has 0 bridgehead atoms. The van der Waals surface area contributed by atoms with Gasteiger partial charge in [0.2, 0.25) is 11.2 Å². The van der Waals surface area contributed by atoms with Crippen LogP contribution in [0.25, 0.3) is 0 Å². The molecule has 6 heteroatoms. The van der Waals surface area contributed by atoms with Crippen LogP contribution in [0.1, 0.15) is 34.1 Å². The van der Waals surface area contributed by atoms with Gasteiger partial charge in [0.1, 0.15) is 0 Å². The van der Waals surface area contributed by atoms with E-state index in [1.165, 1.54) is 0 Å². The molecule has 96 valence electrons. The zero-order valence-electron chi connectivity index (χ0n) is 10.9. The summed E-state index contributed by atoms with van der Waals surface area (Å²) in [7, 11) is 1.93. The molecule has 0 radical (unpaired) electrons. The highest BCUT2D eigenvalue weighted by molar-refractivity contribution is 6.28. The molecule has 0 spiro atoms. The van der Waals surface area contributed by atoms with Crippen LogP contribution in [0, 0.1) is 0 Å². The van der Waals surface area contributed by atoms with E-state index in [1.807, 2.05) is 25.8 Å². The average molecular weight is 259 g/mol. The molecule has 5 nitrogen and oxygen atoms in total. The highest BCUT2D eigenvalue weighted by Gasteiger charge is 2.14. The van der Waals surface area contributed by atoms with Crippen molar-refractivity contribution in [2.45, 2.75) is 46.3 Å². The van der Waals surface area contributed by atoms with E-state index < -0.39 is 0 Å². The Morgan fingerprint density at radius 1 is 1.24 bits per heavy atom. The molecule has 0 saturated carbocycles. The number of ether oxygens (including phenoxy) is 1. The smallest absolute Gasteiger partial charge is 0.322 e. The van der Waals surface area contributed by atoms with Crippen LogP contribution >= 0.6 is 11.6 Å². The summed E-state index contributed by atoms with van der Waals surface area (Å²) in [6.07, 6.45) is 1.01. The van der Waals surface area contributed by atoms with Gasteiger partial charge < -0.3 is 9.64 Å². The first kappa shape index (κ1) is 14.0. The highest BCUT2D eigenvalue weighted by atomic mass is 35.5. The largest absolute Gasteiger partial charge is 0.461 e. The fraction of sp³-hybridized carbons (Fsp3) is 0.727. The van der Waals surface area contributed by atoms with Crippen LogP contribution < -0.4 is 9.64 Å². The molecule has 1 aromatic rings. The molecule has 0 fully saturated rings. The van der Waals surface area contributed by atoms with Gasteiger partial charge >= 0.3 is 6.01 Å². The van der Waals surface area contributed by atoms with Gasteiger partial charge in [-0.1, -0.05) is 6.92 Å². The van der Waals surface area contributed by atoms with Crippen LogP contribution in [0.15, 0.2) is 0 Å². The zero-order valence-corrected chi connectivity index (χ0v) is 11.7. The van der Waals surface area contributed by atoms with Crippen molar-refractivity contribution in [3.63, 3.8) is 0 Å². The van der Waals surface area contributed by atoms with Gasteiger partial charge in [0.05, 0.1) is 6.10 Å². The van der Waals surface area contributed by atoms with Crippen LogP contribution in [0.3, 0.4) is 0 Å². The summed E-state index contributed by atoms with van der Waals surface area (Å²) < 4.78 is 5.43. The van der Waals surface area contributed by atoms with Crippen LogP contribution in [0.4, 0.5) is 5.95 Å². The Hall–Kier alpha value is -1.10. The minimum atomic E-state index is 0.00946. The van der Waals surface area contributed by atoms with Crippen LogP contribution in [0.5, 0.6) is 6.01 Å². The summed E-state index contributed by atoms with van der Waals surface area (Å²) in [5.74, 6) is 0.537. The second-order valence-corrected chi connectivity index (χ2v) is 4.56. The number of hydrogen-bond donors (Lipinski definition) is 0. The molecule has 0 aliphatic heterocycles. The van der Waals surface area contributed by atoms with Crippen molar-refractivity contribution in [3.8, 4) is 6.01 Å². The molecule has 1 heterocycles. The van der Waals surface area contributed by atoms with Crippen LogP contribution in [-0.2, 0) is 0 Å². The predicted octanol–water partition coefficient (Wildman–Crippen LogP) is 2.55. The maximum absolute atomic E-state index is 5.86. The molecule has 0 saturated heterocycles. The molecular formula is C11H19ClN4O. The Bertz CT molecular complexity index is 372. The first-order valence-electron chi connectivity index (χ1n) is 5.75. The third-order valence-corrected chi connectivity index (χ3v) is 2.65. The lowest BCUT2D eigenvalue weighted by Gasteiger charge is -2.23. The summed E-state index contributed by atoms with van der Waals surface area (Å²) in [6.45, 7) is 8.03. The van der Waals surface area contributed by atoms with E-state index in [4.69, 9.17) is 16.3 Å². The lowest BCUT2D eigenvalue weighted by atomic mass is 10.2. The fourth-order valence-electron chi connectivity index (χ4n) is 1.21. The van der Waals surface area contributed by atoms with Gasteiger partial charge in [-0.05, 0) is 38.8 Å². The van der Waals surface area contributed by atoms with E-state index >= 15 is 0 Å². The van der Waals surface area contributed by atoms with E-state index in [0.29, 0.717) is 12.0 Å². The summed E-state index contributed by atoms with van der Waals surface area (Å²) in [4.78, 5) is 14.2. The molecule has 0 N–H and O–H groups in total. The van der Waals surface area contributed by atoms with Crippen molar-refractivity contribution in [3.05, 3.63) is 5.28 Å². The number of nitrogens with zero attached hydrogens (tertiary/aromatic N) is 4. The monoisotopic (exact) mass is 258 g/mol. The standard InChI is InChI=1S/C11H19ClN4O/c1-6-8(4)16(5)10-13-9(12)14-11(15-10)17-7(2)3/h7-8H,6H2,1-5H3. The maximum Gasteiger partial charge on any atom is 0.322 e. The van der Waals surface area contributed by atoms with Crippen molar-refractivity contribution in [1.82, 2.24) is 15.0 Å². The Kier molecular flexibility index (Phi) is 4.93. The summed E-state index contributed by atoms with van der Waals surface area (Å²) >= 11 is 5.86. The van der Waals surface area contributed by atoms with Gasteiger partial charge in [-0.25, -0.2) is 0 Å². The topological polar surface area (TPSA) is 51.1 Å². The minimum Gasteiger partial charge on any atom is -0.461 e. The molecule has 1 unspecified atom stereocenters. The average Bonchev–Trinajstić information content (AvgIpc) is 2.25. The Labute approximate surface area is 107 Å². The van der Waals surface area contributed by atoms with E-state index in [-0.39, 0.29) is 17.4 Å². The maximum atomic E-state index is 5.86. The molecule has 0 aliphatic carbocycles. The molecule has 0 aliphatic rings. The van der Waals surface area contributed by atoms with Gasteiger partial charge in [-0.15, -0.1) is 0 Å². The SMILES string of the molecule is CCC(C)N(C)c1nc(Cl)nc(OC(C)C)n1. The molecule has 17 heavy (non-hydrogen) atoms. The molecule has 0 aromatic carbocycles. The van der Waals surface area contributed by atoms with E-state index in [2.05, 4.69) is 28.8 Å². The molecule has 1 aromatic heterocycles. The molecule has 0 amide bonds. The molecule has 1 atom stereocenters. The van der Waals surface area contributed by atoms with Gasteiger partial charge in [-0.3, -0.25) is 0 Å². The van der Waals surface area contributed by atoms with Crippen molar-refractivity contribution in [1.29, 1.82) is 0 Å². The fourth-order valence-corrected chi connectivity index (χ4v) is 1.36. The van der Waals surface area contributed by atoms with E-state index in [1.54, 1.807) is 0 Å². The van der Waals surface area contributed by atoms with Crippen molar-refractivity contribution in [2.24, 2.45) is 0 Å². The van der Waals surface area contributed by atoms with Crippen LogP contribution in [-0.4, -0.2) is 34.1 Å². The highest BCUT2D eigenvalue weighted by Crippen LogP contribution is 2.17. The number of hydrogen-bond acceptors (Lipinski definition) is 5. The Balaban J connectivity index is 2.96. The predicted molar refractivity (Wildman–Crippen MR) is 68.8 cm³/mol. The Morgan fingerprint density at radius 2 is 1.88 bits per heavy atom. The molecule has 1 rings (SSSR count). The van der Waals surface area contributed by atoms with Gasteiger partial charge in [-0.2, -0.15) is 15.0 Å². The second-order valence-electron chi connectivity index (χ2n) is 4.22. The third kappa shape index (κ3) is 4.00. The summed E-state index contributed by atoms with van der Waals surface area (Å²) in [5, 5.41) is 0.154. The van der Waals surface area contributed by atoms with E-state index in [9.17, 15) is 0 Å². The normalized spacial score (nSPS) is 12.6. The Morgan fingerprint density at radius 3 is 2.41 bits per heavy atom. The quantitative estimate of drug-likeness (QED) is 0.812. The summed E-state index contributed by atoms with van der Waals surface area (Å²) in [5.41, 5.74) is 0. The number of anilines is 1. The van der Waals surface area contributed by atoms with Gasteiger partial charge in [0, 0.05) is 13.1 Å². The van der Waals surface area contributed by atoms with Crippen molar-refractivity contribution >= 4 is 17.5 Å². The number of halogens is 1. The number of rotatable bonds is 5. The third-order valence-electron chi connectivity index (χ3n) is 2.48. The molecular weight excluding hydrogens is 240 g/mol. The lowest BCUT2D eigenvalue weighted by Crippen LogP contribution is -2.30. The van der Waals surface area contributed by atoms with Gasteiger partial charge in [0.25, 0.3) is 0 Å². The van der Waals surface area contributed by atoms with E-state index in [0.717, 1.165) is 6.42 Å². The van der Waals surface area contributed by atoms with Crippen molar-refractivity contribution < 1.29 is 4.74 Å². The first-order valence-corrected chi connectivity index (χ1v) is 6.12. The van der Waals surface area contributed by atoms with Crippen LogP contribution in [0.2, 0.25) is 5.28 Å². The zero-order chi connectivity index (χ0) is 13.0. The number of aromatic nitrogens is 3. The second kappa shape index (κ2) is 6.00. The summed E-state index contributed by atoms with van der Waals surface area (Å²) in [6, 6.07) is 0.602. The lowest BCUT2D eigenvalue weighted by molar-refractivity contribution is 0.221. The first-order chi connectivity index (χ1) is 7.93. The van der Waals surface area contributed by atoms with Crippen molar-refractivity contribution in [2.75, 3.05) is 11.9 Å².